The van der Waals surface area contributed by atoms with Crippen molar-refractivity contribution in [3.63, 3.8) is 0 Å². The fourth-order valence-electron chi connectivity index (χ4n) is 4.18. The van der Waals surface area contributed by atoms with Crippen LogP contribution in [0.25, 0.3) is 0 Å². The second kappa shape index (κ2) is 6.28. The highest BCUT2D eigenvalue weighted by Crippen LogP contribution is 2.35. The predicted molar refractivity (Wildman–Crippen MR) is 93.3 cm³/mol. The first-order valence-electron chi connectivity index (χ1n) is 9.34. The number of hydrogen-bond acceptors (Lipinski definition) is 3. The number of amides is 3. The predicted octanol–water partition coefficient (Wildman–Crippen LogP) is 2.91. The van der Waals surface area contributed by atoms with Crippen molar-refractivity contribution in [1.82, 2.24) is 9.80 Å². The third kappa shape index (κ3) is 2.96. The molecule has 0 N–H and O–H groups in total. The topological polar surface area (TPSA) is 57.7 Å². The van der Waals surface area contributed by atoms with E-state index >= 15 is 0 Å². The van der Waals surface area contributed by atoms with Crippen LogP contribution in [0.3, 0.4) is 0 Å². The first kappa shape index (κ1) is 16.3. The molecule has 2 fully saturated rings. The molecule has 25 heavy (non-hydrogen) atoms. The molecule has 4 rings (SSSR count). The molecule has 0 radical (unpaired) electrons. The molecule has 5 heteroatoms. The zero-order valence-corrected chi connectivity index (χ0v) is 14.7. The summed E-state index contributed by atoms with van der Waals surface area (Å²) < 4.78 is 0. The largest absolute Gasteiger partial charge is 0.337 e. The lowest BCUT2D eigenvalue weighted by molar-refractivity contribution is -0.134. The molecule has 1 heterocycles. The Morgan fingerprint density at radius 1 is 1.04 bits per heavy atom. The van der Waals surface area contributed by atoms with Gasteiger partial charge < -0.3 is 4.90 Å². The van der Waals surface area contributed by atoms with Crippen LogP contribution in [0.2, 0.25) is 0 Å². The van der Waals surface area contributed by atoms with Crippen molar-refractivity contribution in [3.05, 3.63) is 34.9 Å². The summed E-state index contributed by atoms with van der Waals surface area (Å²) in [7, 11) is 0. The van der Waals surface area contributed by atoms with Crippen LogP contribution in [0.5, 0.6) is 0 Å². The van der Waals surface area contributed by atoms with Gasteiger partial charge >= 0.3 is 0 Å². The van der Waals surface area contributed by atoms with Gasteiger partial charge in [-0.25, -0.2) is 0 Å². The van der Waals surface area contributed by atoms with Gasteiger partial charge in [0, 0.05) is 25.0 Å². The molecule has 5 nitrogen and oxygen atoms in total. The fourth-order valence-corrected chi connectivity index (χ4v) is 4.18. The van der Waals surface area contributed by atoms with Gasteiger partial charge in [-0.05, 0) is 44.7 Å². The fraction of sp³-hybridized carbons (Fsp3) is 0.550. The third-order valence-corrected chi connectivity index (χ3v) is 5.62. The second-order valence-electron chi connectivity index (χ2n) is 7.53. The van der Waals surface area contributed by atoms with Crippen LogP contribution in [-0.4, -0.2) is 46.1 Å². The SMILES string of the molecule is Cc1ccc2c(c1)C(=O)N(CCC(=O)N(C1CCCC1)C1CC1)C2=O. The molecule has 0 saturated heterocycles. The van der Waals surface area contributed by atoms with E-state index in [4.69, 9.17) is 0 Å². The molecule has 0 bridgehead atoms. The van der Waals surface area contributed by atoms with Gasteiger partial charge in [-0.3, -0.25) is 19.3 Å². The first-order valence-corrected chi connectivity index (χ1v) is 9.34. The van der Waals surface area contributed by atoms with Crippen molar-refractivity contribution < 1.29 is 14.4 Å². The summed E-state index contributed by atoms with van der Waals surface area (Å²) in [6.45, 7) is 2.08. The highest BCUT2D eigenvalue weighted by molar-refractivity contribution is 6.21. The Hall–Kier alpha value is -2.17. The van der Waals surface area contributed by atoms with Crippen molar-refractivity contribution >= 4 is 17.7 Å². The van der Waals surface area contributed by atoms with E-state index in [1.54, 1.807) is 12.1 Å². The number of nitrogens with zero attached hydrogens (tertiary/aromatic N) is 2. The number of imide groups is 1. The summed E-state index contributed by atoms with van der Waals surface area (Å²) in [5, 5.41) is 0. The molecule has 1 aromatic carbocycles. The molecule has 0 aromatic heterocycles. The van der Waals surface area contributed by atoms with Gasteiger partial charge in [0.15, 0.2) is 0 Å². The van der Waals surface area contributed by atoms with Crippen LogP contribution < -0.4 is 0 Å². The summed E-state index contributed by atoms with van der Waals surface area (Å²) >= 11 is 0. The van der Waals surface area contributed by atoms with Gasteiger partial charge in [-0.1, -0.05) is 24.5 Å². The number of aryl methyl sites for hydroxylation is 1. The third-order valence-electron chi connectivity index (χ3n) is 5.62. The first-order chi connectivity index (χ1) is 12.1. The molecule has 3 amide bonds. The van der Waals surface area contributed by atoms with Crippen LogP contribution in [-0.2, 0) is 4.79 Å². The molecule has 0 atom stereocenters. The molecule has 3 aliphatic rings. The lowest BCUT2D eigenvalue weighted by Crippen LogP contribution is -2.42. The molecule has 1 aromatic rings. The van der Waals surface area contributed by atoms with Gasteiger partial charge in [0.25, 0.3) is 11.8 Å². The lowest BCUT2D eigenvalue weighted by atomic mass is 10.1. The van der Waals surface area contributed by atoms with E-state index in [0.29, 0.717) is 23.2 Å². The van der Waals surface area contributed by atoms with Crippen molar-refractivity contribution in [2.45, 2.75) is 64.0 Å². The second-order valence-corrected chi connectivity index (χ2v) is 7.53. The molecule has 1 aliphatic heterocycles. The molecule has 0 unspecified atom stereocenters. The summed E-state index contributed by atoms with van der Waals surface area (Å²) in [5.74, 6) is -0.441. The van der Waals surface area contributed by atoms with E-state index in [-0.39, 0.29) is 30.7 Å². The van der Waals surface area contributed by atoms with Gasteiger partial charge in [-0.15, -0.1) is 0 Å². The molecule has 132 valence electrons. The Kier molecular flexibility index (Phi) is 4.10. The zero-order chi connectivity index (χ0) is 17.6. The van der Waals surface area contributed by atoms with Crippen LogP contribution in [0, 0.1) is 6.92 Å². The minimum Gasteiger partial charge on any atom is -0.337 e. The van der Waals surface area contributed by atoms with E-state index in [1.165, 1.54) is 17.7 Å². The summed E-state index contributed by atoms with van der Waals surface area (Å²) in [5.41, 5.74) is 1.88. The lowest BCUT2D eigenvalue weighted by Gasteiger charge is -2.29. The number of hydrogen-bond donors (Lipinski definition) is 0. The molecule has 0 spiro atoms. The molecular formula is C20H24N2O3. The summed E-state index contributed by atoms with van der Waals surface area (Å²) in [4.78, 5) is 41.1. The van der Waals surface area contributed by atoms with E-state index in [0.717, 1.165) is 31.2 Å². The summed E-state index contributed by atoms with van der Waals surface area (Å²) in [6.07, 6.45) is 6.99. The number of carbonyl (C=O) groups excluding carboxylic acids is 3. The molecular weight excluding hydrogens is 316 g/mol. The van der Waals surface area contributed by atoms with Gasteiger partial charge in [0.2, 0.25) is 5.91 Å². The number of rotatable bonds is 5. The molecule has 2 saturated carbocycles. The van der Waals surface area contributed by atoms with Gasteiger partial charge in [-0.2, -0.15) is 0 Å². The van der Waals surface area contributed by atoms with E-state index in [2.05, 4.69) is 4.90 Å². The normalized spacial score (nSPS) is 20.3. The highest BCUT2D eigenvalue weighted by atomic mass is 16.2. The van der Waals surface area contributed by atoms with E-state index in [9.17, 15) is 14.4 Å². The monoisotopic (exact) mass is 340 g/mol. The van der Waals surface area contributed by atoms with Crippen molar-refractivity contribution in [2.75, 3.05) is 6.54 Å². The number of fused-ring (bicyclic) bond motifs is 1. The van der Waals surface area contributed by atoms with Crippen LogP contribution in [0.4, 0.5) is 0 Å². The zero-order valence-electron chi connectivity index (χ0n) is 14.7. The Balaban J connectivity index is 1.43. The average molecular weight is 340 g/mol. The smallest absolute Gasteiger partial charge is 0.261 e. The van der Waals surface area contributed by atoms with E-state index < -0.39 is 0 Å². The minimum atomic E-state index is -0.272. The van der Waals surface area contributed by atoms with Gasteiger partial charge in [0.05, 0.1) is 11.1 Å². The van der Waals surface area contributed by atoms with Crippen LogP contribution >= 0.6 is 0 Å². The average Bonchev–Trinajstić information content (AvgIpc) is 3.21. The summed E-state index contributed by atoms with van der Waals surface area (Å²) in [6, 6.07) is 6.06. The Labute approximate surface area is 148 Å². The number of benzene rings is 1. The van der Waals surface area contributed by atoms with Crippen molar-refractivity contribution in [3.8, 4) is 0 Å². The highest BCUT2D eigenvalue weighted by Gasteiger charge is 2.40. The maximum Gasteiger partial charge on any atom is 0.261 e. The Bertz CT molecular complexity index is 732. The molecule has 2 aliphatic carbocycles. The maximum atomic E-state index is 12.8. The quantitative estimate of drug-likeness (QED) is 0.775. The minimum absolute atomic E-state index is 0.0992. The van der Waals surface area contributed by atoms with Crippen LogP contribution in [0.15, 0.2) is 18.2 Å². The van der Waals surface area contributed by atoms with Crippen molar-refractivity contribution in [2.24, 2.45) is 0 Å². The van der Waals surface area contributed by atoms with Gasteiger partial charge in [0.1, 0.15) is 0 Å². The van der Waals surface area contributed by atoms with Crippen molar-refractivity contribution in [1.29, 1.82) is 0 Å². The van der Waals surface area contributed by atoms with Crippen LogP contribution in [0.1, 0.15) is 71.2 Å². The Morgan fingerprint density at radius 3 is 2.36 bits per heavy atom. The maximum absolute atomic E-state index is 12.8. The standard InChI is InChI=1S/C20H24N2O3/c1-13-6-9-16-17(12-13)20(25)21(19(16)24)11-10-18(23)22(15-7-8-15)14-4-2-3-5-14/h6,9,12,14-15H,2-5,7-8,10-11H2,1H3. The number of carbonyl (C=O) groups is 3. The Morgan fingerprint density at radius 2 is 1.68 bits per heavy atom. The van der Waals surface area contributed by atoms with E-state index in [1.807, 2.05) is 13.0 Å².